The molecule has 10 heterocycles. The van der Waals surface area contributed by atoms with E-state index in [-0.39, 0.29) is 0 Å². The lowest BCUT2D eigenvalue weighted by atomic mass is 9.83. The molecule has 0 amide bonds. The van der Waals surface area contributed by atoms with Gasteiger partial charge in [-0.1, -0.05) is 175 Å². The number of benzene rings is 10. The third-order valence-corrected chi connectivity index (χ3v) is 32.4. The average Bonchev–Trinajstić information content (AvgIpc) is 1.60. The van der Waals surface area contributed by atoms with Crippen LogP contribution in [0.1, 0.15) is 257 Å². The highest BCUT2D eigenvalue weighted by molar-refractivity contribution is 6.18. The molecule has 0 bridgehead atoms. The first-order valence-corrected chi connectivity index (χ1v) is 52.5. The van der Waals surface area contributed by atoms with Crippen LogP contribution in [-0.2, 0) is 35.2 Å². The van der Waals surface area contributed by atoms with Crippen molar-refractivity contribution >= 4 is 127 Å². The number of nitriles is 2. The fourth-order valence-corrected chi connectivity index (χ4v) is 24.9. The van der Waals surface area contributed by atoms with Gasteiger partial charge in [0.05, 0.1) is 70.8 Å². The monoisotopic (exact) mass is 1910 g/mol. The number of pyridine rings is 5. The first-order chi connectivity index (χ1) is 70.9. The molecule has 25 rings (SSSR count). The van der Waals surface area contributed by atoms with E-state index in [2.05, 4.69) is 288 Å². The summed E-state index contributed by atoms with van der Waals surface area (Å²) in [5.74, 6) is 2.71. The molecule has 10 aromatic carbocycles. The third kappa shape index (κ3) is 18.1. The Kier molecular flexibility index (Phi) is 27.3. The predicted molar refractivity (Wildman–Crippen MR) is 583 cm³/mol. The number of hydrogen-bond donors (Lipinski definition) is 0. The van der Waals surface area contributed by atoms with Crippen LogP contribution in [0.3, 0.4) is 0 Å². The van der Waals surface area contributed by atoms with E-state index in [1.807, 2.05) is 75.0 Å². The van der Waals surface area contributed by atoms with E-state index in [0.717, 1.165) is 188 Å². The van der Waals surface area contributed by atoms with E-state index in [1.54, 1.807) is 0 Å². The van der Waals surface area contributed by atoms with Crippen LogP contribution in [0.2, 0.25) is 0 Å². The Balaban J connectivity index is 0.000000107. The molecule has 0 radical (unpaired) electrons. The molecule has 0 aliphatic heterocycles. The Morgan fingerprint density at radius 3 is 1.14 bits per heavy atom. The van der Waals surface area contributed by atoms with Crippen LogP contribution in [0.15, 0.2) is 265 Å². The summed E-state index contributed by atoms with van der Waals surface area (Å²) in [5.41, 5.74) is 35.2. The minimum absolute atomic E-state index is 0.485. The summed E-state index contributed by atoms with van der Waals surface area (Å²) in [4.78, 5) is 11.9. The van der Waals surface area contributed by atoms with Gasteiger partial charge in [-0.15, -0.1) is 0 Å². The topological polar surface area (TPSA) is 146 Å². The van der Waals surface area contributed by atoms with Gasteiger partial charge in [0.1, 0.15) is 85.5 Å². The molecule has 5 aliphatic carbocycles. The first-order valence-electron chi connectivity index (χ1n) is 52.5. The van der Waals surface area contributed by atoms with Gasteiger partial charge in [0.25, 0.3) is 0 Å². The molecule has 0 saturated heterocycles. The standard InChI is InChI=1S/5C26H25N2O/c1-17-16-22-24(25(27-2)23(17)21-14-7-8-15-28(21)3)20-13-9-12-19(26(20)29-22)18-10-5-4-6-11-18;1-17-12-13-20-21-15-14-19(18-9-5-4-6-10-18)24(27-2)26(21)29-25(20)23(17)22-11-7-8-16-28(22)3;1-17-12-13-19-21-15-22(27-2)20(18-9-5-4-6-10-18)16-24(21)29-26(19)25(17)23-11-7-8-14-28(23)3;1-17-14-20(16-27)25-21-12-11-19(18-8-4-3-5-9-18)15-23(21)29-26(25)24(17)22-10-6-7-13-28(22)2;1-17-11-12-21-25-20(16-27)14-19(18-8-4-3-5-9-18)15-23(25)29-26(21)24(17)22-10-6-7-13-28(22)2/h7-9,12-16,18H,4-6,10-11H2,1,3H3;2*7-8,11-16,18H,4-6,9-10H2,1,3H3;2*6-7,10-15,18H,3-5,8-9H2,1-2H3/q5*+1. The van der Waals surface area contributed by atoms with Gasteiger partial charge in [-0.2, -0.15) is 10.5 Å². The largest absolute Gasteiger partial charge is 0.466 e. The van der Waals surface area contributed by atoms with Crippen LogP contribution < -0.4 is 22.8 Å². The molecule has 0 unspecified atom stereocenters. The summed E-state index contributed by atoms with van der Waals surface area (Å²) < 4.78 is 42.9. The van der Waals surface area contributed by atoms with Gasteiger partial charge < -0.3 is 22.1 Å². The van der Waals surface area contributed by atoms with Gasteiger partial charge >= 0.3 is 0 Å². The van der Waals surface area contributed by atoms with E-state index in [1.165, 1.54) is 205 Å². The number of nitrogens with zero attached hydrogens (tertiary/aromatic N) is 10. The molecular weight excluding hydrogens is 1780 g/mol. The van der Waals surface area contributed by atoms with Crippen molar-refractivity contribution in [3.63, 3.8) is 0 Å². The molecule has 145 heavy (non-hydrogen) atoms. The van der Waals surface area contributed by atoms with E-state index >= 15 is 0 Å². The zero-order valence-corrected chi connectivity index (χ0v) is 85.2. The zero-order chi connectivity index (χ0) is 99.8. The fraction of sp³-hybridized carbons (Fsp3) is 0.308. The van der Waals surface area contributed by atoms with Crippen LogP contribution in [0.25, 0.3) is 181 Å². The summed E-state index contributed by atoms with van der Waals surface area (Å²) in [6.45, 7) is 34.2. The molecule has 15 nitrogen and oxygen atoms in total. The Bertz CT molecular complexity index is 8600. The summed E-state index contributed by atoms with van der Waals surface area (Å²) in [5, 5.41) is 30.0. The molecule has 0 spiro atoms. The second kappa shape index (κ2) is 41.4. The predicted octanol–water partition coefficient (Wildman–Crippen LogP) is 33.6. The summed E-state index contributed by atoms with van der Waals surface area (Å²) >= 11 is 0. The van der Waals surface area contributed by atoms with Crippen molar-refractivity contribution in [3.8, 4) is 68.4 Å². The number of aromatic nitrogens is 5. The Labute approximate surface area is 849 Å². The van der Waals surface area contributed by atoms with Crippen molar-refractivity contribution in [1.82, 2.24) is 0 Å². The SMILES string of the molecule is Cc1cc(C#N)c2c(oc3cc(C4CCCCC4)ccc32)c1-c1cccc[n+]1C.Cc1ccc2c(oc3cc(C4CCCCC4)cc(C#N)c32)c1-c1cccc[n+]1C.[C-]#[N+]c1c(-c2cccc[n+]2C)c(C)cc2oc3c(C4CCCCC4)cccc3c12.[C-]#[N+]c1c(C2CCCCC2)ccc2c1oc1c(-c3cccc[n+]3C)c(C)ccc12.[C-]#[N+]c1cc2c(cc1C1CCCCC1)oc1c(-c3cccc[n+]3C)c(C)ccc12. The summed E-state index contributed by atoms with van der Waals surface area (Å²) in [6.07, 6.45) is 41.8. The fourth-order valence-electron chi connectivity index (χ4n) is 24.9. The zero-order valence-electron chi connectivity index (χ0n) is 85.2. The highest BCUT2D eigenvalue weighted by Gasteiger charge is 2.34. The van der Waals surface area contributed by atoms with Gasteiger partial charge in [-0.05, 0) is 257 Å². The number of para-hydroxylation sites is 1. The summed E-state index contributed by atoms with van der Waals surface area (Å²) in [7, 11) is 10.2. The number of aryl methyl sites for hydroxylation is 10. The maximum absolute atomic E-state index is 9.93. The van der Waals surface area contributed by atoms with Gasteiger partial charge in [-0.3, -0.25) is 0 Å². The Morgan fingerprint density at radius 2 is 0.641 bits per heavy atom. The molecule has 720 valence electrons. The third-order valence-electron chi connectivity index (χ3n) is 32.4. The Hall–Kier alpha value is -15.6. The van der Waals surface area contributed by atoms with Crippen LogP contribution in [0.5, 0.6) is 0 Å². The molecular formula is C130H125N10O5+5. The lowest BCUT2D eigenvalue weighted by Gasteiger charge is -2.23. The Morgan fingerprint density at radius 1 is 0.262 bits per heavy atom. The minimum Gasteiger partial charge on any atom is -0.466 e. The second-order valence-electron chi connectivity index (χ2n) is 41.4. The minimum atomic E-state index is 0.485. The van der Waals surface area contributed by atoms with Crippen LogP contribution in [0.4, 0.5) is 17.1 Å². The smallest absolute Gasteiger partial charge is 0.232 e. The van der Waals surface area contributed by atoms with E-state index in [9.17, 15) is 10.5 Å². The van der Waals surface area contributed by atoms with Crippen molar-refractivity contribution in [1.29, 1.82) is 10.5 Å². The number of rotatable bonds is 10. The second-order valence-corrected chi connectivity index (χ2v) is 41.4. The van der Waals surface area contributed by atoms with Crippen molar-refractivity contribution < 1.29 is 44.9 Å². The number of furan rings is 5. The molecule has 0 N–H and O–H groups in total. The molecule has 5 saturated carbocycles. The normalized spacial score (nSPS) is 15.1. The van der Waals surface area contributed by atoms with Crippen LogP contribution in [-0.4, -0.2) is 0 Å². The van der Waals surface area contributed by atoms with Crippen molar-refractivity contribution in [2.24, 2.45) is 35.2 Å². The van der Waals surface area contributed by atoms with Gasteiger partial charge in [0.15, 0.2) is 42.3 Å². The quantitative estimate of drug-likeness (QED) is 0.0979. The van der Waals surface area contributed by atoms with Crippen LogP contribution in [0, 0.1) is 77.0 Å². The molecule has 5 fully saturated rings. The first kappa shape index (κ1) is 95.6. The molecule has 5 aliphatic rings. The maximum Gasteiger partial charge on any atom is 0.232 e. The number of hydrogen-bond acceptors (Lipinski definition) is 7. The van der Waals surface area contributed by atoms with Crippen molar-refractivity contribution in [3.05, 3.63) is 344 Å². The molecule has 10 aromatic heterocycles. The molecule has 15 heteroatoms. The van der Waals surface area contributed by atoms with Gasteiger partial charge in [-0.25, -0.2) is 37.4 Å². The lowest BCUT2D eigenvalue weighted by molar-refractivity contribution is -0.660. The highest BCUT2D eigenvalue weighted by Crippen LogP contribution is 2.52. The van der Waals surface area contributed by atoms with Gasteiger partial charge in [0.2, 0.25) is 39.8 Å². The number of fused-ring (bicyclic) bond motifs is 15. The van der Waals surface area contributed by atoms with E-state index in [0.29, 0.717) is 46.5 Å². The van der Waals surface area contributed by atoms with Gasteiger partial charge in [0, 0.05) is 115 Å². The molecule has 20 aromatic rings. The van der Waals surface area contributed by atoms with Crippen molar-refractivity contribution in [2.75, 3.05) is 0 Å². The highest BCUT2D eigenvalue weighted by atomic mass is 16.3. The molecule has 0 atom stereocenters. The maximum atomic E-state index is 9.93. The lowest BCUT2D eigenvalue weighted by Crippen LogP contribution is -2.30. The van der Waals surface area contributed by atoms with Crippen LogP contribution >= 0.6 is 0 Å². The summed E-state index contributed by atoms with van der Waals surface area (Å²) in [6, 6.07) is 78.7. The van der Waals surface area contributed by atoms with E-state index < -0.39 is 0 Å². The van der Waals surface area contributed by atoms with Crippen molar-refractivity contribution in [2.45, 2.75) is 225 Å². The average molecular weight is 1910 g/mol. The van der Waals surface area contributed by atoms with E-state index in [4.69, 9.17) is 41.8 Å².